The van der Waals surface area contributed by atoms with Gasteiger partial charge in [-0.05, 0) is 70.6 Å². The summed E-state index contributed by atoms with van der Waals surface area (Å²) in [5.74, 6) is -1.50. The maximum absolute atomic E-state index is 12.7. The second kappa shape index (κ2) is 37.2. The monoisotopic (exact) mass is 761 g/mol. The first kappa shape index (κ1) is 51.3. The van der Waals surface area contributed by atoms with E-state index in [1.165, 1.54) is 57.8 Å². The van der Waals surface area contributed by atoms with E-state index in [4.69, 9.17) is 14.2 Å². The number of rotatable bonds is 38. The fourth-order valence-corrected chi connectivity index (χ4v) is 6.04. The molecule has 0 aliphatic carbocycles. The molecule has 2 atom stereocenters. The third kappa shape index (κ3) is 35.0. The molecule has 0 heterocycles. The lowest BCUT2D eigenvalue weighted by Gasteiger charge is -2.31. The number of allylic oxidation sites excluding steroid dienone is 8. The Morgan fingerprint density at radius 3 is 1.50 bits per heavy atom. The molecular formula is C46H82NO7+. The molecule has 8 heteroatoms. The number of carboxylic acids is 1. The van der Waals surface area contributed by atoms with E-state index < -0.39 is 18.1 Å². The maximum atomic E-state index is 12.7. The van der Waals surface area contributed by atoms with Gasteiger partial charge in [-0.3, -0.25) is 9.59 Å². The second-order valence-corrected chi connectivity index (χ2v) is 15.6. The van der Waals surface area contributed by atoms with Crippen LogP contribution in [0.5, 0.6) is 0 Å². The minimum absolute atomic E-state index is 0.0525. The van der Waals surface area contributed by atoms with Crippen LogP contribution in [-0.4, -0.2) is 80.6 Å². The zero-order valence-electron chi connectivity index (χ0n) is 35.4. The number of likely N-dealkylation sites (N-methyl/N-ethyl adjacent to an activating group) is 1. The Labute approximate surface area is 331 Å². The summed E-state index contributed by atoms with van der Waals surface area (Å²) in [5, 5.41) is 9.61. The number of unbranched alkanes of at least 4 members (excludes halogenated alkanes) is 16. The average Bonchev–Trinajstić information content (AvgIpc) is 3.12. The molecule has 0 spiro atoms. The van der Waals surface area contributed by atoms with Crippen molar-refractivity contribution in [2.45, 2.75) is 187 Å². The number of quaternary nitrogens is 1. The Balaban J connectivity index is 4.38. The number of hydrogen-bond acceptors (Lipinski definition) is 6. The second-order valence-electron chi connectivity index (χ2n) is 15.6. The number of nitrogens with zero attached hydrogens (tertiary/aromatic N) is 1. The molecule has 0 aliphatic rings. The molecule has 0 saturated carbocycles. The van der Waals surface area contributed by atoms with Crippen molar-refractivity contribution in [2.75, 3.05) is 41.0 Å². The van der Waals surface area contributed by atoms with Gasteiger partial charge in [0.15, 0.2) is 12.1 Å². The van der Waals surface area contributed by atoms with E-state index >= 15 is 0 Å². The van der Waals surface area contributed by atoms with Gasteiger partial charge in [0.25, 0.3) is 0 Å². The lowest BCUT2D eigenvalue weighted by Crippen LogP contribution is -2.50. The smallest absolute Gasteiger partial charge is 0.362 e. The number of carbonyl (C=O) groups excluding carboxylic acids is 2. The van der Waals surface area contributed by atoms with Gasteiger partial charge in [0.1, 0.15) is 6.61 Å². The highest BCUT2D eigenvalue weighted by Crippen LogP contribution is 2.13. The number of esters is 2. The zero-order chi connectivity index (χ0) is 40.0. The quantitative estimate of drug-likeness (QED) is 0.0289. The van der Waals surface area contributed by atoms with Crippen LogP contribution in [0, 0.1) is 0 Å². The van der Waals surface area contributed by atoms with Crippen molar-refractivity contribution in [2.24, 2.45) is 0 Å². The van der Waals surface area contributed by atoms with Crippen molar-refractivity contribution in [1.82, 2.24) is 0 Å². The third-order valence-electron chi connectivity index (χ3n) is 9.43. The lowest BCUT2D eigenvalue weighted by molar-refractivity contribution is -0.887. The van der Waals surface area contributed by atoms with Crippen molar-refractivity contribution in [3.05, 3.63) is 48.6 Å². The minimum atomic E-state index is -0.880. The van der Waals surface area contributed by atoms with E-state index in [1.807, 2.05) is 21.1 Å². The van der Waals surface area contributed by atoms with Crippen molar-refractivity contribution in [3.8, 4) is 0 Å². The van der Waals surface area contributed by atoms with E-state index in [0.29, 0.717) is 19.3 Å². The molecule has 8 nitrogen and oxygen atoms in total. The van der Waals surface area contributed by atoms with E-state index in [0.717, 1.165) is 83.5 Å². The summed E-state index contributed by atoms with van der Waals surface area (Å²) in [6.07, 6.45) is 42.9. The molecule has 54 heavy (non-hydrogen) atoms. The molecule has 0 radical (unpaired) electrons. The van der Waals surface area contributed by atoms with Crippen LogP contribution in [0.3, 0.4) is 0 Å². The summed E-state index contributed by atoms with van der Waals surface area (Å²) in [7, 11) is 5.51. The molecule has 0 aliphatic heterocycles. The Kier molecular flexibility index (Phi) is 35.4. The molecule has 0 aromatic carbocycles. The van der Waals surface area contributed by atoms with Gasteiger partial charge in [0.2, 0.25) is 0 Å². The molecule has 0 amide bonds. The Morgan fingerprint density at radius 1 is 0.556 bits per heavy atom. The van der Waals surface area contributed by atoms with E-state index in [-0.39, 0.29) is 36.2 Å². The van der Waals surface area contributed by atoms with Crippen molar-refractivity contribution < 1.29 is 38.2 Å². The molecule has 312 valence electrons. The molecular weight excluding hydrogens is 679 g/mol. The number of ether oxygens (including phenoxy) is 3. The van der Waals surface area contributed by atoms with Gasteiger partial charge < -0.3 is 23.8 Å². The Hall–Kier alpha value is -2.71. The first-order chi connectivity index (χ1) is 26.1. The molecule has 0 aromatic rings. The standard InChI is InChI=1S/C46H81NO7/c1-6-8-10-12-14-16-18-20-21-22-23-25-27-29-31-33-35-37-45(49)54-42(40-52-39-38-43(46(50)51)47(3,4)5)41-53-44(48)36-34-32-30-28-26-24-19-17-15-13-11-9-7-2/h11,13-14,16-17,19-21,42-43H,6-10,12,15,18,22-41H2,1-5H3/p+1/b13-11-,16-14-,19-17-,21-20-. The van der Waals surface area contributed by atoms with Crippen LogP contribution in [0.1, 0.15) is 174 Å². The van der Waals surface area contributed by atoms with Gasteiger partial charge in [-0.2, -0.15) is 0 Å². The Morgan fingerprint density at radius 2 is 1.02 bits per heavy atom. The van der Waals surface area contributed by atoms with Crippen LogP contribution >= 0.6 is 0 Å². The SMILES string of the molecule is CCC/C=C\C/C=C\CCCCCCCC(=O)OCC(COCCC(C(=O)O)[N+](C)(C)C)OC(=O)CCCCCCCCC/C=C\C/C=C\CCCCC. The largest absolute Gasteiger partial charge is 0.477 e. The third-order valence-corrected chi connectivity index (χ3v) is 9.43. The molecule has 0 fully saturated rings. The molecule has 0 rings (SSSR count). The fraction of sp³-hybridized carbons (Fsp3) is 0.761. The molecule has 2 unspecified atom stereocenters. The molecule has 0 bridgehead atoms. The summed E-state index contributed by atoms with van der Waals surface area (Å²) in [4.78, 5) is 36.9. The molecule has 0 saturated heterocycles. The fourth-order valence-electron chi connectivity index (χ4n) is 6.04. The predicted octanol–water partition coefficient (Wildman–Crippen LogP) is 11.6. The number of carbonyl (C=O) groups is 3. The van der Waals surface area contributed by atoms with Crippen molar-refractivity contribution in [1.29, 1.82) is 0 Å². The van der Waals surface area contributed by atoms with Gasteiger partial charge >= 0.3 is 17.9 Å². The predicted molar refractivity (Wildman–Crippen MR) is 224 cm³/mol. The molecule has 1 N–H and O–H groups in total. The van der Waals surface area contributed by atoms with E-state index in [9.17, 15) is 19.5 Å². The van der Waals surface area contributed by atoms with Crippen LogP contribution in [0.15, 0.2) is 48.6 Å². The van der Waals surface area contributed by atoms with Gasteiger partial charge in [-0.15, -0.1) is 0 Å². The Bertz CT molecular complexity index is 1030. The highest BCUT2D eigenvalue weighted by atomic mass is 16.6. The summed E-state index contributed by atoms with van der Waals surface area (Å²) in [5.41, 5.74) is 0. The van der Waals surface area contributed by atoms with Gasteiger partial charge in [-0.1, -0.05) is 133 Å². The van der Waals surface area contributed by atoms with Crippen LogP contribution in [0.2, 0.25) is 0 Å². The van der Waals surface area contributed by atoms with E-state index in [1.54, 1.807) is 0 Å². The van der Waals surface area contributed by atoms with Crippen LogP contribution in [0.25, 0.3) is 0 Å². The molecule has 0 aromatic heterocycles. The summed E-state index contributed by atoms with van der Waals surface area (Å²) >= 11 is 0. The zero-order valence-corrected chi connectivity index (χ0v) is 35.4. The van der Waals surface area contributed by atoms with Crippen LogP contribution in [-0.2, 0) is 28.6 Å². The average molecular weight is 761 g/mol. The van der Waals surface area contributed by atoms with Crippen molar-refractivity contribution in [3.63, 3.8) is 0 Å². The normalized spacial score (nSPS) is 13.4. The van der Waals surface area contributed by atoms with Gasteiger partial charge in [0.05, 0.1) is 34.4 Å². The first-order valence-electron chi connectivity index (χ1n) is 21.7. The van der Waals surface area contributed by atoms with Gasteiger partial charge in [-0.25, -0.2) is 4.79 Å². The summed E-state index contributed by atoms with van der Waals surface area (Å²) in [6.45, 7) is 4.62. The highest BCUT2D eigenvalue weighted by Gasteiger charge is 2.31. The van der Waals surface area contributed by atoms with Crippen LogP contribution in [0.4, 0.5) is 0 Å². The minimum Gasteiger partial charge on any atom is -0.477 e. The first-order valence-corrected chi connectivity index (χ1v) is 21.7. The van der Waals surface area contributed by atoms with Gasteiger partial charge in [0, 0.05) is 19.3 Å². The topological polar surface area (TPSA) is 99.1 Å². The summed E-state index contributed by atoms with van der Waals surface area (Å²) in [6, 6.07) is -0.618. The van der Waals surface area contributed by atoms with E-state index in [2.05, 4.69) is 62.5 Å². The number of aliphatic carboxylic acids is 1. The maximum Gasteiger partial charge on any atom is 0.362 e. The number of hydrogen-bond donors (Lipinski definition) is 1. The summed E-state index contributed by atoms with van der Waals surface area (Å²) < 4.78 is 17.2. The van der Waals surface area contributed by atoms with Crippen molar-refractivity contribution >= 4 is 17.9 Å². The number of carboxylic acid groups (broad SMARTS) is 1. The lowest BCUT2D eigenvalue weighted by atomic mass is 10.1. The van der Waals surface area contributed by atoms with Crippen LogP contribution < -0.4 is 0 Å². The highest BCUT2D eigenvalue weighted by molar-refractivity contribution is 5.72.